The number of benzene rings is 3. The van der Waals surface area contributed by atoms with Crippen LogP contribution in [0.3, 0.4) is 0 Å². The van der Waals surface area contributed by atoms with Gasteiger partial charge in [0.15, 0.2) is 0 Å². The lowest BCUT2D eigenvalue weighted by Gasteiger charge is -2.50. The molecule has 0 aliphatic heterocycles. The van der Waals surface area contributed by atoms with Crippen molar-refractivity contribution in [1.82, 2.24) is 0 Å². The molecule has 2 nitrogen and oxygen atoms in total. The Kier molecular flexibility index (Phi) is 3.08. The third kappa shape index (κ3) is 1.78. The van der Waals surface area contributed by atoms with Crippen molar-refractivity contribution in [3.8, 4) is 0 Å². The van der Waals surface area contributed by atoms with Crippen LogP contribution in [0.15, 0.2) is 60.7 Å². The lowest BCUT2D eigenvalue weighted by atomic mass is 9.57. The molecule has 0 saturated heterocycles. The molecule has 5 rings (SSSR count). The summed E-state index contributed by atoms with van der Waals surface area (Å²) in [4.78, 5) is 0. The Balaban J connectivity index is 1.71. The van der Waals surface area contributed by atoms with Crippen LogP contribution in [0.1, 0.15) is 44.5 Å². The summed E-state index contributed by atoms with van der Waals surface area (Å²) in [6.45, 7) is 4.18. The van der Waals surface area contributed by atoms with Crippen molar-refractivity contribution >= 4 is 0 Å². The van der Waals surface area contributed by atoms with Crippen LogP contribution < -0.4 is 0 Å². The monoisotopic (exact) mass is 342 g/mol. The quantitative estimate of drug-likeness (QED) is 0.742. The minimum atomic E-state index is -0.951. The molecule has 2 aliphatic carbocycles. The van der Waals surface area contributed by atoms with Crippen LogP contribution >= 0.6 is 0 Å². The second-order valence-corrected chi connectivity index (χ2v) is 7.76. The van der Waals surface area contributed by atoms with E-state index < -0.39 is 11.2 Å². The lowest BCUT2D eigenvalue weighted by Crippen LogP contribution is -2.48. The van der Waals surface area contributed by atoms with Gasteiger partial charge in [0.05, 0.1) is 0 Å². The molecule has 3 aromatic rings. The predicted molar refractivity (Wildman–Crippen MR) is 102 cm³/mol. The van der Waals surface area contributed by atoms with E-state index in [9.17, 15) is 10.2 Å². The standard InChI is InChI=1S/C24H22O2/c1-15-19-13-23(25,17-9-5-3-6-10-17)21(19)16(2)22-20(15)14-24(22,26)18-11-7-4-8-12-18/h3-12,25-26H,13-14H2,1-2H3/t23-,24-/m0/s1. The van der Waals surface area contributed by atoms with Crippen LogP contribution in [0.5, 0.6) is 0 Å². The molecule has 0 heterocycles. The van der Waals surface area contributed by atoms with Gasteiger partial charge in [-0.3, -0.25) is 0 Å². The predicted octanol–water partition coefficient (Wildman–Crippen LogP) is 3.89. The number of aliphatic hydroxyl groups is 2. The molecule has 2 heteroatoms. The van der Waals surface area contributed by atoms with E-state index in [-0.39, 0.29) is 0 Å². The van der Waals surface area contributed by atoms with Gasteiger partial charge < -0.3 is 10.2 Å². The molecule has 2 atom stereocenters. The fourth-order valence-electron chi connectivity index (χ4n) is 5.09. The van der Waals surface area contributed by atoms with E-state index in [1.807, 2.05) is 60.7 Å². The molecule has 3 aromatic carbocycles. The second-order valence-electron chi connectivity index (χ2n) is 7.76. The molecule has 0 bridgehead atoms. The molecular formula is C24H22O2. The van der Waals surface area contributed by atoms with Gasteiger partial charge in [-0.1, -0.05) is 60.7 Å². The van der Waals surface area contributed by atoms with Gasteiger partial charge in [-0.15, -0.1) is 0 Å². The van der Waals surface area contributed by atoms with Gasteiger partial charge in [0.1, 0.15) is 11.2 Å². The normalized spacial score (nSPS) is 25.7. The first-order valence-electron chi connectivity index (χ1n) is 9.18. The summed E-state index contributed by atoms with van der Waals surface area (Å²) >= 11 is 0. The summed E-state index contributed by atoms with van der Waals surface area (Å²) in [5, 5.41) is 22.9. The number of hydrogen-bond acceptors (Lipinski definition) is 2. The first-order valence-corrected chi connectivity index (χ1v) is 9.18. The Labute approximate surface area is 153 Å². The van der Waals surface area contributed by atoms with E-state index in [0.29, 0.717) is 12.8 Å². The highest BCUT2D eigenvalue weighted by atomic mass is 16.3. The van der Waals surface area contributed by atoms with Crippen molar-refractivity contribution < 1.29 is 10.2 Å². The maximum atomic E-state index is 11.4. The highest BCUT2D eigenvalue weighted by Crippen LogP contribution is 2.56. The molecule has 0 unspecified atom stereocenters. The molecule has 0 saturated carbocycles. The van der Waals surface area contributed by atoms with Crippen molar-refractivity contribution in [3.05, 3.63) is 105 Å². The zero-order chi connectivity index (χ0) is 18.1. The third-order valence-corrected chi connectivity index (χ3v) is 6.45. The van der Waals surface area contributed by atoms with E-state index in [0.717, 1.165) is 27.8 Å². The Morgan fingerprint density at radius 3 is 1.38 bits per heavy atom. The number of rotatable bonds is 2. The van der Waals surface area contributed by atoms with E-state index in [1.54, 1.807) is 0 Å². The first-order chi connectivity index (χ1) is 12.5. The number of hydrogen-bond donors (Lipinski definition) is 2. The maximum Gasteiger partial charge on any atom is 0.119 e. The Hall–Kier alpha value is -2.42. The van der Waals surface area contributed by atoms with Crippen molar-refractivity contribution in [3.63, 3.8) is 0 Å². The zero-order valence-electron chi connectivity index (χ0n) is 15.1. The Bertz CT molecular complexity index is 943. The van der Waals surface area contributed by atoms with Crippen LogP contribution in [0.4, 0.5) is 0 Å². The van der Waals surface area contributed by atoms with Gasteiger partial charge in [-0.2, -0.15) is 0 Å². The van der Waals surface area contributed by atoms with Crippen LogP contribution in [0, 0.1) is 13.8 Å². The average Bonchev–Trinajstić information content (AvgIpc) is 2.63. The van der Waals surface area contributed by atoms with Gasteiger partial charge in [0, 0.05) is 12.8 Å². The first kappa shape index (κ1) is 15.8. The van der Waals surface area contributed by atoms with Crippen molar-refractivity contribution in [2.24, 2.45) is 0 Å². The highest BCUT2D eigenvalue weighted by molar-refractivity contribution is 5.68. The van der Waals surface area contributed by atoms with Crippen LogP contribution in [0.2, 0.25) is 0 Å². The average molecular weight is 342 g/mol. The van der Waals surface area contributed by atoms with Crippen LogP contribution in [-0.2, 0) is 24.0 Å². The van der Waals surface area contributed by atoms with Crippen molar-refractivity contribution in [1.29, 1.82) is 0 Å². The Morgan fingerprint density at radius 1 is 0.615 bits per heavy atom. The molecule has 0 amide bonds. The molecule has 0 radical (unpaired) electrons. The van der Waals surface area contributed by atoms with Gasteiger partial charge in [-0.25, -0.2) is 0 Å². The molecule has 2 N–H and O–H groups in total. The molecule has 130 valence electrons. The summed E-state index contributed by atoms with van der Waals surface area (Å²) < 4.78 is 0. The van der Waals surface area contributed by atoms with E-state index in [1.165, 1.54) is 16.7 Å². The molecular weight excluding hydrogens is 320 g/mol. The fraction of sp³-hybridized carbons (Fsp3) is 0.250. The largest absolute Gasteiger partial charge is 0.380 e. The number of fused-ring (bicyclic) bond motifs is 2. The highest BCUT2D eigenvalue weighted by Gasteiger charge is 2.52. The van der Waals surface area contributed by atoms with Crippen LogP contribution in [0.25, 0.3) is 0 Å². The van der Waals surface area contributed by atoms with E-state index in [4.69, 9.17) is 0 Å². The van der Waals surface area contributed by atoms with Crippen molar-refractivity contribution in [2.45, 2.75) is 37.9 Å². The minimum Gasteiger partial charge on any atom is -0.380 e. The van der Waals surface area contributed by atoms with Crippen molar-refractivity contribution in [2.75, 3.05) is 0 Å². The maximum absolute atomic E-state index is 11.4. The summed E-state index contributed by atoms with van der Waals surface area (Å²) in [6.07, 6.45) is 1.30. The third-order valence-electron chi connectivity index (χ3n) is 6.45. The minimum absolute atomic E-state index is 0.649. The molecule has 0 spiro atoms. The van der Waals surface area contributed by atoms with Gasteiger partial charge in [0.25, 0.3) is 0 Å². The van der Waals surface area contributed by atoms with Crippen LogP contribution in [-0.4, -0.2) is 10.2 Å². The smallest absolute Gasteiger partial charge is 0.119 e. The van der Waals surface area contributed by atoms with E-state index >= 15 is 0 Å². The molecule has 2 aliphatic rings. The zero-order valence-corrected chi connectivity index (χ0v) is 15.1. The second kappa shape index (κ2) is 5.06. The Morgan fingerprint density at radius 2 is 1.00 bits per heavy atom. The van der Waals surface area contributed by atoms with Gasteiger partial charge in [0.2, 0.25) is 0 Å². The molecule has 26 heavy (non-hydrogen) atoms. The molecule has 0 fully saturated rings. The van der Waals surface area contributed by atoms with E-state index in [2.05, 4.69) is 13.8 Å². The summed E-state index contributed by atoms with van der Waals surface area (Å²) in [6, 6.07) is 19.8. The van der Waals surface area contributed by atoms with Gasteiger partial charge >= 0.3 is 0 Å². The fourth-order valence-corrected chi connectivity index (χ4v) is 5.09. The summed E-state index contributed by atoms with van der Waals surface area (Å²) in [5.74, 6) is 0. The van der Waals surface area contributed by atoms with Gasteiger partial charge in [-0.05, 0) is 58.4 Å². The topological polar surface area (TPSA) is 40.5 Å². The summed E-state index contributed by atoms with van der Waals surface area (Å²) in [5.41, 5.74) is 6.72. The lowest BCUT2D eigenvalue weighted by molar-refractivity contribution is 0.0420. The summed E-state index contributed by atoms with van der Waals surface area (Å²) in [7, 11) is 0. The molecule has 0 aromatic heterocycles. The SMILES string of the molecule is Cc1c2c(c(C)c3c1C[C@]3(O)c1ccccc1)[C@@](O)(c1ccccc1)C2.